The molecule has 1 aromatic carbocycles. The van der Waals surface area contributed by atoms with Gasteiger partial charge in [0.15, 0.2) is 0 Å². The third-order valence-corrected chi connectivity index (χ3v) is 3.82. The summed E-state index contributed by atoms with van der Waals surface area (Å²) in [5.74, 6) is 0.231. The van der Waals surface area contributed by atoms with Gasteiger partial charge in [0.05, 0.1) is 6.10 Å². The summed E-state index contributed by atoms with van der Waals surface area (Å²) in [6, 6.07) is 7.10. The molecule has 1 fully saturated rings. The molecule has 112 valence electrons. The van der Waals surface area contributed by atoms with Gasteiger partial charge in [-0.15, -0.1) is 0 Å². The summed E-state index contributed by atoms with van der Waals surface area (Å²) >= 11 is 0. The summed E-state index contributed by atoms with van der Waals surface area (Å²) in [5.41, 5.74) is 0.745. The van der Waals surface area contributed by atoms with Crippen LogP contribution in [-0.4, -0.2) is 25.9 Å². The lowest BCUT2D eigenvalue weighted by molar-refractivity contribution is -0.0507. The van der Waals surface area contributed by atoms with Gasteiger partial charge in [-0.2, -0.15) is 8.78 Å². The number of benzene rings is 1. The summed E-state index contributed by atoms with van der Waals surface area (Å²) in [6.45, 7) is -0.847. The number of para-hydroxylation sites is 1. The van der Waals surface area contributed by atoms with E-state index in [2.05, 4.69) is 10.1 Å². The van der Waals surface area contributed by atoms with Crippen molar-refractivity contribution in [3.8, 4) is 5.75 Å². The van der Waals surface area contributed by atoms with Crippen molar-refractivity contribution in [1.82, 2.24) is 5.32 Å². The predicted octanol–water partition coefficient (Wildman–Crippen LogP) is 3.51. The molecule has 0 amide bonds. The molecule has 1 aliphatic rings. The van der Waals surface area contributed by atoms with Gasteiger partial charge in [0, 0.05) is 24.8 Å². The molecule has 0 bridgehead atoms. The Balaban J connectivity index is 2.06. The normalized spacial score (nSPS) is 24.1. The van der Waals surface area contributed by atoms with E-state index in [1.54, 1.807) is 19.2 Å². The van der Waals surface area contributed by atoms with Crippen molar-refractivity contribution in [2.24, 2.45) is 0 Å². The number of halogens is 2. The molecule has 0 spiro atoms. The van der Waals surface area contributed by atoms with Crippen LogP contribution in [0.15, 0.2) is 24.3 Å². The van der Waals surface area contributed by atoms with Crippen molar-refractivity contribution in [2.75, 3.05) is 7.11 Å². The van der Waals surface area contributed by atoms with Crippen LogP contribution in [0.4, 0.5) is 8.78 Å². The number of alkyl halides is 2. The minimum atomic E-state index is -2.80. The van der Waals surface area contributed by atoms with Crippen LogP contribution in [-0.2, 0) is 4.74 Å². The molecule has 3 nitrogen and oxygen atoms in total. The number of nitrogens with one attached hydrogen (secondary N) is 1. The molecule has 1 saturated carbocycles. The van der Waals surface area contributed by atoms with Gasteiger partial charge in [0.2, 0.25) is 0 Å². The van der Waals surface area contributed by atoms with Crippen LogP contribution in [0.5, 0.6) is 5.75 Å². The monoisotopic (exact) mass is 285 g/mol. The van der Waals surface area contributed by atoms with E-state index in [4.69, 9.17) is 4.74 Å². The first kappa shape index (κ1) is 15.2. The van der Waals surface area contributed by atoms with Crippen LogP contribution in [0.1, 0.15) is 37.8 Å². The Bertz CT molecular complexity index is 428. The molecule has 1 N–H and O–H groups in total. The lowest BCUT2D eigenvalue weighted by atomic mass is 10.1. The minimum absolute atomic E-state index is 0.0642. The van der Waals surface area contributed by atoms with Gasteiger partial charge in [0.1, 0.15) is 5.75 Å². The highest BCUT2D eigenvalue weighted by molar-refractivity contribution is 5.35. The van der Waals surface area contributed by atoms with Crippen molar-refractivity contribution < 1.29 is 18.3 Å². The zero-order valence-corrected chi connectivity index (χ0v) is 11.8. The number of ether oxygens (including phenoxy) is 2. The second-order valence-corrected chi connectivity index (χ2v) is 5.12. The number of hydrogen-bond acceptors (Lipinski definition) is 3. The molecule has 1 aromatic rings. The standard InChI is InChI=1S/C15H21F2NO2/c1-10(18-12-7-5-9-14(12)19-2)11-6-3-4-8-13(11)20-15(16)17/h3-4,6,8,10,12,14-15,18H,5,7,9H2,1-2H3. The van der Waals surface area contributed by atoms with Crippen molar-refractivity contribution in [3.63, 3.8) is 0 Å². The van der Waals surface area contributed by atoms with E-state index in [0.29, 0.717) is 0 Å². The van der Waals surface area contributed by atoms with Crippen LogP contribution < -0.4 is 10.1 Å². The quantitative estimate of drug-likeness (QED) is 0.867. The van der Waals surface area contributed by atoms with Gasteiger partial charge >= 0.3 is 6.61 Å². The maximum absolute atomic E-state index is 12.4. The molecule has 0 saturated heterocycles. The molecule has 0 radical (unpaired) electrons. The van der Waals surface area contributed by atoms with Crippen LogP contribution in [0.3, 0.4) is 0 Å². The summed E-state index contributed by atoms with van der Waals surface area (Å²) in [7, 11) is 1.71. The Morgan fingerprint density at radius 2 is 2.00 bits per heavy atom. The molecule has 5 heteroatoms. The smallest absolute Gasteiger partial charge is 0.387 e. The van der Waals surface area contributed by atoms with Crippen LogP contribution in [0.2, 0.25) is 0 Å². The summed E-state index contributed by atoms with van der Waals surface area (Å²) < 4.78 is 34.9. The predicted molar refractivity (Wildman–Crippen MR) is 73.1 cm³/mol. The summed E-state index contributed by atoms with van der Waals surface area (Å²) in [4.78, 5) is 0. The Labute approximate surface area is 118 Å². The summed E-state index contributed by atoms with van der Waals surface area (Å²) in [6.07, 6.45) is 3.40. The molecule has 2 rings (SSSR count). The second kappa shape index (κ2) is 6.99. The molecule has 0 aliphatic heterocycles. The molecule has 20 heavy (non-hydrogen) atoms. The number of hydrogen-bond donors (Lipinski definition) is 1. The molecule has 1 aliphatic carbocycles. The Morgan fingerprint density at radius 3 is 2.70 bits per heavy atom. The fourth-order valence-corrected chi connectivity index (χ4v) is 2.85. The Morgan fingerprint density at radius 1 is 1.25 bits per heavy atom. The fourth-order valence-electron chi connectivity index (χ4n) is 2.85. The van der Waals surface area contributed by atoms with Gasteiger partial charge in [-0.1, -0.05) is 18.2 Å². The van der Waals surface area contributed by atoms with Gasteiger partial charge < -0.3 is 14.8 Å². The first-order valence-electron chi connectivity index (χ1n) is 6.94. The van der Waals surface area contributed by atoms with Crippen LogP contribution >= 0.6 is 0 Å². The molecular weight excluding hydrogens is 264 g/mol. The topological polar surface area (TPSA) is 30.5 Å². The summed E-state index contributed by atoms with van der Waals surface area (Å²) in [5, 5.41) is 3.46. The van der Waals surface area contributed by atoms with Crippen molar-refractivity contribution in [1.29, 1.82) is 0 Å². The van der Waals surface area contributed by atoms with Crippen molar-refractivity contribution in [3.05, 3.63) is 29.8 Å². The fraction of sp³-hybridized carbons (Fsp3) is 0.600. The van der Waals surface area contributed by atoms with Crippen molar-refractivity contribution in [2.45, 2.75) is 51.0 Å². The third-order valence-electron chi connectivity index (χ3n) is 3.82. The molecule has 3 atom stereocenters. The van der Waals surface area contributed by atoms with Gasteiger partial charge in [-0.05, 0) is 32.3 Å². The largest absolute Gasteiger partial charge is 0.434 e. The molecule has 3 unspecified atom stereocenters. The van der Waals surface area contributed by atoms with E-state index in [1.165, 1.54) is 0 Å². The first-order valence-corrected chi connectivity index (χ1v) is 6.94. The van der Waals surface area contributed by atoms with E-state index in [0.717, 1.165) is 24.8 Å². The minimum Gasteiger partial charge on any atom is -0.434 e. The number of rotatable bonds is 6. The third kappa shape index (κ3) is 3.67. The Kier molecular flexibility index (Phi) is 5.31. The van der Waals surface area contributed by atoms with E-state index in [9.17, 15) is 8.78 Å². The second-order valence-electron chi connectivity index (χ2n) is 5.12. The van der Waals surface area contributed by atoms with E-state index >= 15 is 0 Å². The highest BCUT2D eigenvalue weighted by Crippen LogP contribution is 2.29. The van der Waals surface area contributed by atoms with Gasteiger partial charge in [0.25, 0.3) is 0 Å². The van der Waals surface area contributed by atoms with Crippen LogP contribution in [0.25, 0.3) is 0 Å². The molecule has 0 heterocycles. The first-order chi connectivity index (χ1) is 9.61. The number of methoxy groups -OCH3 is 1. The maximum atomic E-state index is 12.4. The lowest BCUT2D eigenvalue weighted by Gasteiger charge is -2.25. The maximum Gasteiger partial charge on any atom is 0.387 e. The SMILES string of the molecule is COC1CCCC1NC(C)c1ccccc1OC(F)F. The van der Waals surface area contributed by atoms with Crippen molar-refractivity contribution >= 4 is 0 Å². The van der Waals surface area contributed by atoms with E-state index < -0.39 is 6.61 Å². The average Bonchev–Trinajstić information content (AvgIpc) is 2.85. The van der Waals surface area contributed by atoms with Crippen LogP contribution in [0, 0.1) is 0 Å². The highest BCUT2D eigenvalue weighted by Gasteiger charge is 2.28. The zero-order chi connectivity index (χ0) is 14.5. The van der Waals surface area contributed by atoms with E-state index in [-0.39, 0.29) is 23.9 Å². The Hall–Kier alpha value is -1.20. The zero-order valence-electron chi connectivity index (χ0n) is 11.8. The van der Waals surface area contributed by atoms with Gasteiger partial charge in [-0.3, -0.25) is 0 Å². The lowest BCUT2D eigenvalue weighted by Crippen LogP contribution is -2.38. The molecular formula is C15H21F2NO2. The van der Waals surface area contributed by atoms with E-state index in [1.807, 2.05) is 19.1 Å². The highest BCUT2D eigenvalue weighted by atomic mass is 19.3. The molecule has 0 aromatic heterocycles. The average molecular weight is 285 g/mol. The van der Waals surface area contributed by atoms with Gasteiger partial charge in [-0.25, -0.2) is 0 Å².